The Kier molecular flexibility index (Phi) is 18.6. The molecular formula is C23H51P. The molecule has 0 amide bonds. The molecule has 0 bridgehead atoms. The zero-order valence-corrected chi connectivity index (χ0v) is 18.9. The van der Waals surface area contributed by atoms with Crippen LogP contribution in [0.4, 0.5) is 0 Å². The van der Waals surface area contributed by atoms with Crippen LogP contribution in [0.3, 0.4) is 0 Å². The topological polar surface area (TPSA) is 0 Å². The second kappa shape index (κ2) is 18.2. The first-order valence-corrected chi connectivity index (χ1v) is 14.6. The van der Waals surface area contributed by atoms with Crippen molar-refractivity contribution in [3.8, 4) is 0 Å². The molecule has 0 aromatic carbocycles. The first kappa shape index (κ1) is 24.4. The summed E-state index contributed by atoms with van der Waals surface area (Å²) >= 11 is 0. The van der Waals surface area contributed by atoms with E-state index in [9.17, 15) is 0 Å². The van der Waals surface area contributed by atoms with Crippen LogP contribution in [-0.4, -0.2) is 24.6 Å². The van der Waals surface area contributed by atoms with E-state index in [4.69, 9.17) is 0 Å². The summed E-state index contributed by atoms with van der Waals surface area (Å²) in [7, 11) is -0.966. The fourth-order valence-corrected chi connectivity index (χ4v) is 9.97. The van der Waals surface area contributed by atoms with Gasteiger partial charge in [0.2, 0.25) is 0 Å². The third kappa shape index (κ3) is 13.7. The standard InChI is InChI=1S/C23H51P/c1-5-9-12-15-18-22-24(20-8-4,21-17-14-11-7-3)23-19-16-13-10-6-2/h24H,5-23H2,1-4H3. The summed E-state index contributed by atoms with van der Waals surface area (Å²) in [6, 6.07) is 0. The molecule has 0 aromatic rings. The van der Waals surface area contributed by atoms with Crippen LogP contribution >= 0.6 is 7.26 Å². The van der Waals surface area contributed by atoms with E-state index in [0.717, 1.165) is 0 Å². The van der Waals surface area contributed by atoms with Crippen LogP contribution in [-0.2, 0) is 0 Å². The van der Waals surface area contributed by atoms with E-state index in [0.29, 0.717) is 0 Å². The predicted octanol–water partition coefficient (Wildman–Crippen LogP) is 8.67. The van der Waals surface area contributed by atoms with Gasteiger partial charge in [0.05, 0.1) is 0 Å². The molecule has 148 valence electrons. The Morgan fingerprint density at radius 3 is 1.00 bits per heavy atom. The van der Waals surface area contributed by atoms with Crippen LogP contribution in [0.15, 0.2) is 0 Å². The van der Waals surface area contributed by atoms with Gasteiger partial charge in [-0.2, -0.15) is 0 Å². The quantitative estimate of drug-likeness (QED) is 0.160. The van der Waals surface area contributed by atoms with Gasteiger partial charge in [0.1, 0.15) is 0 Å². The van der Waals surface area contributed by atoms with Gasteiger partial charge in [0, 0.05) is 0 Å². The van der Waals surface area contributed by atoms with Crippen LogP contribution < -0.4 is 0 Å². The first-order valence-electron chi connectivity index (χ1n) is 11.7. The molecule has 0 fully saturated rings. The summed E-state index contributed by atoms with van der Waals surface area (Å²) in [5.41, 5.74) is 0. The molecule has 0 nitrogen and oxygen atoms in total. The molecule has 1 heteroatoms. The number of hydrogen-bond donors (Lipinski definition) is 0. The molecule has 0 heterocycles. The van der Waals surface area contributed by atoms with Crippen LogP contribution in [0.25, 0.3) is 0 Å². The molecule has 0 saturated carbocycles. The second-order valence-electron chi connectivity index (χ2n) is 8.39. The van der Waals surface area contributed by atoms with E-state index in [1.807, 2.05) is 0 Å². The Morgan fingerprint density at radius 1 is 0.333 bits per heavy atom. The van der Waals surface area contributed by atoms with Crippen LogP contribution in [0.1, 0.15) is 124 Å². The third-order valence-electron chi connectivity index (χ3n) is 5.96. The van der Waals surface area contributed by atoms with E-state index < -0.39 is 7.26 Å². The van der Waals surface area contributed by atoms with Crippen LogP contribution in [0.5, 0.6) is 0 Å². The number of rotatable bonds is 19. The van der Waals surface area contributed by atoms with Crippen LogP contribution in [0.2, 0.25) is 0 Å². The monoisotopic (exact) mass is 358 g/mol. The van der Waals surface area contributed by atoms with Crippen molar-refractivity contribution in [3.63, 3.8) is 0 Å². The second-order valence-corrected chi connectivity index (χ2v) is 13.4. The van der Waals surface area contributed by atoms with Gasteiger partial charge in [0.15, 0.2) is 0 Å². The molecule has 0 aliphatic heterocycles. The Labute approximate surface area is 156 Å². The molecule has 24 heavy (non-hydrogen) atoms. The average molecular weight is 359 g/mol. The normalized spacial score (nSPS) is 12.7. The Morgan fingerprint density at radius 2 is 0.667 bits per heavy atom. The Hall–Kier alpha value is 0.430. The van der Waals surface area contributed by atoms with Gasteiger partial charge in [-0.05, 0) is 0 Å². The van der Waals surface area contributed by atoms with Gasteiger partial charge in [-0.3, -0.25) is 0 Å². The maximum absolute atomic E-state index is 2.45. The molecular weight excluding hydrogens is 307 g/mol. The Balaban J connectivity index is 4.39. The fraction of sp³-hybridized carbons (Fsp3) is 1.00. The van der Waals surface area contributed by atoms with Gasteiger partial charge in [-0.15, -0.1) is 0 Å². The number of unbranched alkanes of at least 4 members (excludes halogenated alkanes) is 11. The Bertz CT molecular complexity index is 222. The van der Waals surface area contributed by atoms with Crippen LogP contribution in [0, 0.1) is 0 Å². The van der Waals surface area contributed by atoms with Crippen molar-refractivity contribution in [2.45, 2.75) is 124 Å². The average Bonchev–Trinajstić information content (AvgIpc) is 2.58. The van der Waals surface area contributed by atoms with Gasteiger partial charge in [-0.25, -0.2) is 0 Å². The van der Waals surface area contributed by atoms with Crippen molar-refractivity contribution in [2.24, 2.45) is 0 Å². The molecule has 0 N–H and O–H groups in total. The van der Waals surface area contributed by atoms with Gasteiger partial charge >= 0.3 is 156 Å². The fourth-order valence-electron chi connectivity index (χ4n) is 4.41. The van der Waals surface area contributed by atoms with Crippen molar-refractivity contribution >= 4 is 7.26 Å². The summed E-state index contributed by atoms with van der Waals surface area (Å²) in [6.45, 7) is 9.46. The SMILES string of the molecule is CCCCCCC[PH](CCC)(CCCCCC)CCCCCCC. The molecule has 0 radical (unpaired) electrons. The predicted molar refractivity (Wildman–Crippen MR) is 120 cm³/mol. The molecule has 0 spiro atoms. The summed E-state index contributed by atoms with van der Waals surface area (Å²) in [5.74, 6) is 0. The summed E-state index contributed by atoms with van der Waals surface area (Å²) in [6.07, 6.45) is 28.7. The molecule has 0 unspecified atom stereocenters. The van der Waals surface area contributed by atoms with Crippen molar-refractivity contribution in [2.75, 3.05) is 24.6 Å². The molecule has 0 aromatic heterocycles. The summed E-state index contributed by atoms with van der Waals surface area (Å²) < 4.78 is 0. The molecule has 0 aliphatic carbocycles. The molecule has 0 saturated heterocycles. The zero-order chi connectivity index (χ0) is 17.9. The van der Waals surface area contributed by atoms with Gasteiger partial charge < -0.3 is 0 Å². The van der Waals surface area contributed by atoms with Crippen molar-refractivity contribution in [1.82, 2.24) is 0 Å². The van der Waals surface area contributed by atoms with Crippen molar-refractivity contribution < 1.29 is 0 Å². The number of hydrogen-bond acceptors (Lipinski definition) is 0. The van der Waals surface area contributed by atoms with Crippen molar-refractivity contribution in [1.29, 1.82) is 0 Å². The van der Waals surface area contributed by atoms with E-state index in [2.05, 4.69) is 27.7 Å². The third-order valence-corrected chi connectivity index (χ3v) is 11.8. The minimum atomic E-state index is -0.966. The van der Waals surface area contributed by atoms with E-state index in [-0.39, 0.29) is 0 Å². The molecule has 0 rings (SSSR count). The minimum absolute atomic E-state index is 0.966. The van der Waals surface area contributed by atoms with Gasteiger partial charge in [0.25, 0.3) is 0 Å². The maximum atomic E-state index is 2.45. The van der Waals surface area contributed by atoms with E-state index >= 15 is 0 Å². The van der Waals surface area contributed by atoms with E-state index in [1.165, 1.54) is 77.0 Å². The van der Waals surface area contributed by atoms with Gasteiger partial charge in [-0.1, -0.05) is 0 Å². The van der Waals surface area contributed by atoms with E-state index in [1.54, 1.807) is 43.9 Å². The van der Waals surface area contributed by atoms with Crippen molar-refractivity contribution in [3.05, 3.63) is 0 Å². The zero-order valence-electron chi connectivity index (χ0n) is 17.9. The molecule has 0 atom stereocenters. The molecule has 0 aliphatic rings. The summed E-state index contributed by atoms with van der Waals surface area (Å²) in [4.78, 5) is 0. The first-order chi connectivity index (χ1) is 11.7. The summed E-state index contributed by atoms with van der Waals surface area (Å²) in [5, 5.41) is 0.